The summed E-state index contributed by atoms with van der Waals surface area (Å²) in [6.45, 7) is 6.81. The Morgan fingerprint density at radius 2 is 1.89 bits per heavy atom. The highest BCUT2D eigenvalue weighted by atomic mass is 16.5. The number of hydrogen-bond acceptors (Lipinski definition) is 4. The Morgan fingerprint density at radius 3 is 2.47 bits per heavy atom. The lowest BCUT2D eigenvalue weighted by Crippen LogP contribution is -2.37. The lowest BCUT2D eigenvalue weighted by Gasteiger charge is -2.23. The van der Waals surface area contributed by atoms with Crippen molar-refractivity contribution in [2.45, 2.75) is 20.0 Å². The van der Waals surface area contributed by atoms with E-state index in [4.69, 9.17) is 4.74 Å². The summed E-state index contributed by atoms with van der Waals surface area (Å²) in [4.78, 5) is 2.09. The van der Waals surface area contributed by atoms with Crippen LogP contribution >= 0.6 is 0 Å². The maximum absolute atomic E-state index is 9.97. The van der Waals surface area contributed by atoms with Crippen molar-refractivity contribution < 1.29 is 9.84 Å². The van der Waals surface area contributed by atoms with Gasteiger partial charge in [0.2, 0.25) is 0 Å². The standard InChI is InChI=1S/C15H26N2O2/c1-12-7-13(2)9-14(8-12)17(3)11-15(18)10-16-5-6-19-4/h7-9,15-16,18H,5-6,10-11H2,1-4H3. The number of rotatable bonds is 8. The third-order valence-electron chi connectivity index (χ3n) is 2.99. The van der Waals surface area contributed by atoms with E-state index in [1.165, 1.54) is 11.1 Å². The zero-order valence-electron chi connectivity index (χ0n) is 12.4. The first-order chi connectivity index (χ1) is 9.02. The van der Waals surface area contributed by atoms with Crippen molar-refractivity contribution in [3.8, 4) is 0 Å². The molecule has 0 heterocycles. The molecule has 0 saturated heterocycles. The van der Waals surface area contributed by atoms with Crippen LogP contribution in [0.5, 0.6) is 0 Å². The molecule has 1 unspecified atom stereocenters. The number of methoxy groups -OCH3 is 1. The van der Waals surface area contributed by atoms with E-state index < -0.39 is 0 Å². The van der Waals surface area contributed by atoms with Crippen molar-refractivity contribution in [3.63, 3.8) is 0 Å². The Balaban J connectivity index is 2.42. The average molecular weight is 266 g/mol. The molecule has 0 aromatic heterocycles. The van der Waals surface area contributed by atoms with E-state index in [9.17, 15) is 5.11 Å². The van der Waals surface area contributed by atoms with Gasteiger partial charge in [-0.1, -0.05) is 6.07 Å². The maximum Gasteiger partial charge on any atom is 0.0839 e. The molecule has 4 nitrogen and oxygen atoms in total. The Labute approximate surface area is 116 Å². The highest BCUT2D eigenvalue weighted by Gasteiger charge is 2.09. The van der Waals surface area contributed by atoms with E-state index in [0.29, 0.717) is 19.7 Å². The van der Waals surface area contributed by atoms with Crippen molar-refractivity contribution >= 4 is 5.69 Å². The fraction of sp³-hybridized carbons (Fsp3) is 0.600. The molecule has 1 aromatic carbocycles. The Hall–Kier alpha value is -1.10. The van der Waals surface area contributed by atoms with Gasteiger partial charge in [0.05, 0.1) is 12.7 Å². The third kappa shape index (κ3) is 6.05. The molecule has 1 aromatic rings. The van der Waals surface area contributed by atoms with Gasteiger partial charge < -0.3 is 20.1 Å². The molecule has 0 bridgehead atoms. The van der Waals surface area contributed by atoms with Gasteiger partial charge in [0.15, 0.2) is 0 Å². The highest BCUT2D eigenvalue weighted by molar-refractivity contribution is 5.50. The smallest absolute Gasteiger partial charge is 0.0839 e. The second-order valence-electron chi connectivity index (χ2n) is 5.08. The minimum Gasteiger partial charge on any atom is -0.390 e. The summed E-state index contributed by atoms with van der Waals surface area (Å²) in [5.74, 6) is 0. The van der Waals surface area contributed by atoms with Crippen LogP contribution in [0.4, 0.5) is 5.69 Å². The van der Waals surface area contributed by atoms with E-state index in [-0.39, 0.29) is 6.10 Å². The number of ether oxygens (including phenoxy) is 1. The van der Waals surface area contributed by atoms with Gasteiger partial charge in [0.1, 0.15) is 0 Å². The van der Waals surface area contributed by atoms with E-state index in [0.717, 1.165) is 12.2 Å². The second kappa shape index (κ2) is 8.15. The molecule has 0 aliphatic heterocycles. The highest BCUT2D eigenvalue weighted by Crippen LogP contribution is 2.17. The number of hydrogen-bond donors (Lipinski definition) is 2. The molecule has 1 atom stereocenters. The summed E-state index contributed by atoms with van der Waals surface area (Å²) in [6, 6.07) is 6.43. The fourth-order valence-corrected chi connectivity index (χ4v) is 2.10. The maximum atomic E-state index is 9.97. The number of nitrogens with one attached hydrogen (secondary N) is 1. The number of aryl methyl sites for hydroxylation is 2. The van der Waals surface area contributed by atoms with E-state index in [1.54, 1.807) is 7.11 Å². The summed E-state index contributed by atoms with van der Waals surface area (Å²) < 4.78 is 4.95. The quantitative estimate of drug-likeness (QED) is 0.697. The molecule has 108 valence electrons. The zero-order chi connectivity index (χ0) is 14.3. The molecule has 0 radical (unpaired) electrons. The average Bonchev–Trinajstić information content (AvgIpc) is 2.33. The third-order valence-corrected chi connectivity index (χ3v) is 2.99. The molecular weight excluding hydrogens is 240 g/mol. The molecule has 19 heavy (non-hydrogen) atoms. The minimum absolute atomic E-state index is 0.386. The Bertz CT molecular complexity index is 362. The lowest BCUT2D eigenvalue weighted by atomic mass is 10.1. The number of aliphatic hydroxyl groups is 1. The van der Waals surface area contributed by atoms with Gasteiger partial charge >= 0.3 is 0 Å². The van der Waals surface area contributed by atoms with Crippen LogP contribution in [0.2, 0.25) is 0 Å². The summed E-state index contributed by atoms with van der Waals surface area (Å²) in [5.41, 5.74) is 3.64. The van der Waals surface area contributed by atoms with Gasteiger partial charge in [-0.25, -0.2) is 0 Å². The van der Waals surface area contributed by atoms with Gasteiger partial charge in [-0.3, -0.25) is 0 Å². The van der Waals surface area contributed by atoms with Crippen LogP contribution in [0.1, 0.15) is 11.1 Å². The summed E-state index contributed by atoms with van der Waals surface area (Å²) in [6.07, 6.45) is -0.386. The molecule has 0 saturated carbocycles. The van der Waals surface area contributed by atoms with Crippen molar-refractivity contribution in [2.24, 2.45) is 0 Å². The fourth-order valence-electron chi connectivity index (χ4n) is 2.10. The van der Waals surface area contributed by atoms with Crippen LogP contribution < -0.4 is 10.2 Å². The molecule has 1 rings (SSSR count). The molecule has 0 amide bonds. The van der Waals surface area contributed by atoms with Gasteiger partial charge in [-0.05, 0) is 37.1 Å². The van der Waals surface area contributed by atoms with Gasteiger partial charge in [0.25, 0.3) is 0 Å². The number of nitrogens with zero attached hydrogens (tertiary/aromatic N) is 1. The van der Waals surface area contributed by atoms with E-state index >= 15 is 0 Å². The first-order valence-corrected chi connectivity index (χ1v) is 6.70. The molecule has 2 N–H and O–H groups in total. The topological polar surface area (TPSA) is 44.7 Å². The Morgan fingerprint density at radius 1 is 1.26 bits per heavy atom. The van der Waals surface area contributed by atoms with Crippen LogP contribution in [0.3, 0.4) is 0 Å². The predicted octanol–water partition coefficient (Wildman–Crippen LogP) is 1.34. The molecule has 4 heteroatoms. The predicted molar refractivity (Wildman–Crippen MR) is 79.9 cm³/mol. The number of benzene rings is 1. The largest absolute Gasteiger partial charge is 0.390 e. The molecule has 0 fully saturated rings. The molecule has 0 aliphatic rings. The van der Waals surface area contributed by atoms with E-state index in [1.807, 2.05) is 7.05 Å². The van der Waals surface area contributed by atoms with Crippen LogP contribution in [-0.4, -0.2) is 51.6 Å². The second-order valence-corrected chi connectivity index (χ2v) is 5.08. The summed E-state index contributed by atoms with van der Waals surface area (Å²) in [7, 11) is 3.68. The first kappa shape index (κ1) is 16.0. The summed E-state index contributed by atoms with van der Waals surface area (Å²) >= 11 is 0. The van der Waals surface area contributed by atoms with Gasteiger partial charge in [0, 0.05) is 39.5 Å². The van der Waals surface area contributed by atoms with Crippen molar-refractivity contribution in [2.75, 3.05) is 45.3 Å². The number of likely N-dealkylation sites (N-methyl/N-ethyl adjacent to an activating group) is 1. The number of anilines is 1. The van der Waals surface area contributed by atoms with Crippen LogP contribution in [-0.2, 0) is 4.74 Å². The monoisotopic (exact) mass is 266 g/mol. The number of aliphatic hydroxyl groups excluding tert-OH is 1. The minimum atomic E-state index is -0.386. The van der Waals surface area contributed by atoms with Crippen LogP contribution in [0.25, 0.3) is 0 Å². The van der Waals surface area contributed by atoms with Crippen molar-refractivity contribution in [1.29, 1.82) is 0 Å². The first-order valence-electron chi connectivity index (χ1n) is 6.70. The molecular formula is C15H26N2O2. The van der Waals surface area contributed by atoms with Crippen molar-refractivity contribution in [3.05, 3.63) is 29.3 Å². The SMILES string of the molecule is COCCNCC(O)CN(C)c1cc(C)cc(C)c1. The van der Waals surface area contributed by atoms with Gasteiger partial charge in [-0.2, -0.15) is 0 Å². The Kier molecular flexibility index (Phi) is 6.84. The van der Waals surface area contributed by atoms with Gasteiger partial charge in [-0.15, -0.1) is 0 Å². The van der Waals surface area contributed by atoms with Crippen LogP contribution in [0.15, 0.2) is 18.2 Å². The van der Waals surface area contributed by atoms with Crippen LogP contribution in [0, 0.1) is 13.8 Å². The normalized spacial score (nSPS) is 12.5. The molecule has 0 aliphatic carbocycles. The zero-order valence-corrected chi connectivity index (χ0v) is 12.4. The molecule has 0 spiro atoms. The van der Waals surface area contributed by atoms with Crippen molar-refractivity contribution in [1.82, 2.24) is 5.32 Å². The summed E-state index contributed by atoms with van der Waals surface area (Å²) in [5, 5.41) is 13.1. The van der Waals surface area contributed by atoms with E-state index in [2.05, 4.69) is 42.3 Å². The lowest BCUT2D eigenvalue weighted by molar-refractivity contribution is 0.164.